The van der Waals surface area contributed by atoms with Crippen LogP contribution in [0.1, 0.15) is 28.3 Å². The average molecular weight is 338 g/mol. The van der Waals surface area contributed by atoms with E-state index in [0.717, 1.165) is 23.6 Å². The van der Waals surface area contributed by atoms with Crippen molar-refractivity contribution >= 4 is 33.3 Å². The highest BCUT2D eigenvalue weighted by atomic mass is 33.1. The largest absolute Gasteiger partial charge is 0.355 e. The third kappa shape index (κ3) is 4.76. The molecule has 0 aromatic heterocycles. The number of hydrogen-bond acceptors (Lipinski definition) is 5. The van der Waals surface area contributed by atoms with E-state index in [9.17, 15) is 9.59 Å². The highest BCUT2D eigenvalue weighted by molar-refractivity contribution is 8.76. The SMILES string of the molecule is CN(C)CCSSCCNC(=O)C1CC(=O)c2ccccc21. The Hall–Kier alpha value is -0.980. The summed E-state index contributed by atoms with van der Waals surface area (Å²) in [5.41, 5.74) is 1.58. The lowest BCUT2D eigenvalue weighted by Crippen LogP contribution is -2.30. The molecule has 0 spiro atoms. The second-order valence-corrected chi connectivity index (χ2v) is 8.21. The summed E-state index contributed by atoms with van der Waals surface area (Å²) in [6.45, 7) is 1.70. The first-order chi connectivity index (χ1) is 10.6. The smallest absolute Gasteiger partial charge is 0.228 e. The van der Waals surface area contributed by atoms with Gasteiger partial charge in [0, 0.05) is 36.6 Å². The van der Waals surface area contributed by atoms with E-state index in [1.165, 1.54) is 0 Å². The maximum absolute atomic E-state index is 12.2. The molecule has 0 bridgehead atoms. The van der Waals surface area contributed by atoms with Gasteiger partial charge < -0.3 is 10.2 Å². The van der Waals surface area contributed by atoms with E-state index in [4.69, 9.17) is 0 Å². The van der Waals surface area contributed by atoms with E-state index in [1.54, 1.807) is 10.8 Å². The standard InChI is InChI=1S/C16H22N2O2S2/c1-18(2)8-10-22-21-9-7-17-16(20)14-11-15(19)13-6-4-3-5-12(13)14/h3-6,14H,7-11H2,1-2H3,(H,17,20). The van der Waals surface area contributed by atoms with Crippen LogP contribution in [-0.4, -0.2) is 55.3 Å². The number of Topliss-reactive ketones (excluding diaryl/α,β-unsaturated/α-hetero) is 1. The fourth-order valence-electron chi connectivity index (χ4n) is 2.37. The first-order valence-corrected chi connectivity index (χ1v) is 9.87. The molecule has 1 amide bonds. The Labute approximate surface area is 139 Å². The van der Waals surface area contributed by atoms with Crippen LogP contribution in [0.25, 0.3) is 0 Å². The summed E-state index contributed by atoms with van der Waals surface area (Å²) in [5, 5.41) is 2.95. The molecule has 6 heteroatoms. The summed E-state index contributed by atoms with van der Waals surface area (Å²) >= 11 is 0. The lowest BCUT2D eigenvalue weighted by molar-refractivity contribution is -0.122. The topological polar surface area (TPSA) is 49.4 Å². The highest BCUT2D eigenvalue weighted by Crippen LogP contribution is 2.32. The number of benzene rings is 1. The van der Waals surface area contributed by atoms with E-state index in [2.05, 4.69) is 24.3 Å². The van der Waals surface area contributed by atoms with Gasteiger partial charge in [0.05, 0.1) is 5.92 Å². The summed E-state index contributed by atoms with van der Waals surface area (Å²) < 4.78 is 0. The maximum atomic E-state index is 12.2. The fraction of sp³-hybridized carbons (Fsp3) is 0.500. The molecular weight excluding hydrogens is 316 g/mol. The number of rotatable bonds is 8. The van der Waals surface area contributed by atoms with Gasteiger partial charge in [-0.1, -0.05) is 45.9 Å². The van der Waals surface area contributed by atoms with Crippen molar-refractivity contribution in [3.63, 3.8) is 0 Å². The zero-order valence-electron chi connectivity index (χ0n) is 13.0. The van der Waals surface area contributed by atoms with Crippen molar-refractivity contribution in [2.24, 2.45) is 0 Å². The van der Waals surface area contributed by atoms with Crippen LogP contribution in [-0.2, 0) is 4.79 Å². The zero-order valence-corrected chi connectivity index (χ0v) is 14.6. The molecule has 2 rings (SSSR count). The molecule has 0 heterocycles. The minimum absolute atomic E-state index is 0.0304. The number of carbonyl (C=O) groups excluding carboxylic acids is 2. The van der Waals surface area contributed by atoms with Crippen LogP contribution >= 0.6 is 21.6 Å². The van der Waals surface area contributed by atoms with Crippen LogP contribution in [0.3, 0.4) is 0 Å². The Kier molecular flexibility index (Phi) is 6.79. The molecule has 1 aromatic carbocycles. The van der Waals surface area contributed by atoms with E-state index >= 15 is 0 Å². The van der Waals surface area contributed by atoms with Gasteiger partial charge in [-0.3, -0.25) is 9.59 Å². The van der Waals surface area contributed by atoms with Crippen LogP contribution < -0.4 is 5.32 Å². The van der Waals surface area contributed by atoms with Crippen molar-refractivity contribution < 1.29 is 9.59 Å². The van der Waals surface area contributed by atoms with Gasteiger partial charge in [0.25, 0.3) is 0 Å². The predicted molar refractivity (Wildman–Crippen MR) is 94.6 cm³/mol. The van der Waals surface area contributed by atoms with Gasteiger partial charge in [0.2, 0.25) is 5.91 Å². The summed E-state index contributed by atoms with van der Waals surface area (Å²) in [7, 11) is 7.72. The second kappa shape index (κ2) is 8.60. The van der Waals surface area contributed by atoms with Crippen molar-refractivity contribution in [1.29, 1.82) is 0 Å². The van der Waals surface area contributed by atoms with Crippen LogP contribution in [0.15, 0.2) is 24.3 Å². The number of nitrogens with one attached hydrogen (secondary N) is 1. The number of fused-ring (bicyclic) bond motifs is 1. The van der Waals surface area contributed by atoms with E-state index in [0.29, 0.717) is 18.5 Å². The summed E-state index contributed by atoms with van der Waals surface area (Å²) in [5.74, 6) is 1.69. The molecule has 0 saturated carbocycles. The van der Waals surface area contributed by atoms with Crippen LogP contribution in [0.2, 0.25) is 0 Å². The Morgan fingerprint density at radius 3 is 2.77 bits per heavy atom. The minimum atomic E-state index is -0.310. The Bertz CT molecular complexity index is 535. The van der Waals surface area contributed by atoms with Gasteiger partial charge in [0.15, 0.2) is 5.78 Å². The molecular formula is C16H22N2O2S2. The summed E-state index contributed by atoms with van der Waals surface area (Å²) in [6, 6.07) is 7.42. The molecule has 22 heavy (non-hydrogen) atoms. The summed E-state index contributed by atoms with van der Waals surface area (Å²) in [6.07, 6.45) is 0.301. The molecule has 0 fully saturated rings. The quantitative estimate of drug-likeness (QED) is 0.583. The van der Waals surface area contributed by atoms with Crippen molar-refractivity contribution in [3.05, 3.63) is 35.4 Å². The molecule has 1 N–H and O–H groups in total. The number of amides is 1. The predicted octanol–water partition coefficient (Wildman–Crippen LogP) is 2.42. The maximum Gasteiger partial charge on any atom is 0.228 e. The van der Waals surface area contributed by atoms with Gasteiger partial charge in [-0.2, -0.15) is 0 Å². The van der Waals surface area contributed by atoms with Crippen molar-refractivity contribution in [2.75, 3.05) is 38.7 Å². The monoisotopic (exact) mass is 338 g/mol. The van der Waals surface area contributed by atoms with E-state index in [1.807, 2.05) is 35.1 Å². The normalized spacial score (nSPS) is 16.9. The third-order valence-electron chi connectivity index (χ3n) is 3.53. The second-order valence-electron chi connectivity index (χ2n) is 5.51. The van der Waals surface area contributed by atoms with Crippen molar-refractivity contribution in [2.45, 2.75) is 12.3 Å². The van der Waals surface area contributed by atoms with Crippen molar-refractivity contribution in [3.8, 4) is 0 Å². The van der Waals surface area contributed by atoms with Crippen LogP contribution in [0.5, 0.6) is 0 Å². The third-order valence-corrected chi connectivity index (χ3v) is 5.92. The molecule has 0 radical (unpaired) electrons. The fourth-order valence-corrected chi connectivity index (χ4v) is 4.41. The summed E-state index contributed by atoms with van der Waals surface area (Å²) in [4.78, 5) is 26.3. The van der Waals surface area contributed by atoms with Gasteiger partial charge in [-0.25, -0.2) is 0 Å². The minimum Gasteiger partial charge on any atom is -0.355 e. The van der Waals surface area contributed by atoms with E-state index in [-0.39, 0.29) is 17.6 Å². The van der Waals surface area contributed by atoms with Gasteiger partial charge in [0.1, 0.15) is 0 Å². The number of hydrogen-bond donors (Lipinski definition) is 1. The Balaban J connectivity index is 1.70. The lowest BCUT2D eigenvalue weighted by Gasteiger charge is -2.11. The average Bonchev–Trinajstić information content (AvgIpc) is 2.83. The Morgan fingerprint density at radius 1 is 1.27 bits per heavy atom. The molecule has 1 unspecified atom stereocenters. The molecule has 1 aliphatic carbocycles. The Morgan fingerprint density at radius 2 is 2.00 bits per heavy atom. The molecule has 1 aliphatic rings. The highest BCUT2D eigenvalue weighted by Gasteiger charge is 2.33. The van der Waals surface area contributed by atoms with Crippen LogP contribution in [0.4, 0.5) is 0 Å². The van der Waals surface area contributed by atoms with Gasteiger partial charge in [-0.15, -0.1) is 0 Å². The molecule has 4 nitrogen and oxygen atoms in total. The van der Waals surface area contributed by atoms with E-state index < -0.39 is 0 Å². The molecule has 1 aromatic rings. The first-order valence-electron chi connectivity index (χ1n) is 7.38. The number of ketones is 1. The molecule has 0 saturated heterocycles. The van der Waals surface area contributed by atoms with Gasteiger partial charge in [-0.05, 0) is 19.7 Å². The first kappa shape index (κ1) is 17.4. The van der Waals surface area contributed by atoms with Crippen molar-refractivity contribution in [1.82, 2.24) is 10.2 Å². The number of nitrogens with zero attached hydrogens (tertiary/aromatic N) is 1. The molecule has 0 aliphatic heterocycles. The lowest BCUT2D eigenvalue weighted by atomic mass is 10.0. The van der Waals surface area contributed by atoms with Crippen LogP contribution in [0, 0.1) is 0 Å². The molecule has 120 valence electrons. The molecule has 1 atom stereocenters. The number of carbonyl (C=O) groups is 2. The zero-order chi connectivity index (χ0) is 15.9. The van der Waals surface area contributed by atoms with Gasteiger partial charge >= 0.3 is 0 Å².